The Labute approximate surface area is 135 Å². The van der Waals surface area contributed by atoms with E-state index < -0.39 is 10.0 Å². The molecule has 0 saturated carbocycles. The van der Waals surface area contributed by atoms with Crippen molar-refractivity contribution in [2.24, 2.45) is 7.05 Å². The molecule has 0 unspecified atom stereocenters. The Morgan fingerprint density at radius 3 is 2.41 bits per heavy atom. The number of rotatable bonds is 6. The number of hydrogen-bond donors (Lipinski definition) is 1. The summed E-state index contributed by atoms with van der Waals surface area (Å²) in [6.07, 6.45) is 2.36. The van der Waals surface area contributed by atoms with E-state index in [0.717, 1.165) is 5.69 Å². The van der Waals surface area contributed by atoms with E-state index in [-0.39, 0.29) is 4.90 Å². The average molecular weight is 346 g/mol. The van der Waals surface area contributed by atoms with E-state index in [2.05, 4.69) is 14.9 Å². The number of aryl methyl sites for hydroxylation is 4. The normalized spacial score (nSPS) is 12.0. The lowest BCUT2D eigenvalue weighted by molar-refractivity contribution is 0.550. The molecule has 2 rings (SSSR count). The highest BCUT2D eigenvalue weighted by atomic mass is 35.5. The molecule has 0 saturated heterocycles. The van der Waals surface area contributed by atoms with Gasteiger partial charge in [-0.1, -0.05) is 11.6 Å². The fraction of sp³-hybridized carbons (Fsp3) is 0.538. The molecule has 0 aromatic carbocycles. The Kier molecular flexibility index (Phi) is 4.93. The largest absolute Gasteiger partial charge is 0.271 e. The number of sulfonamides is 1. The van der Waals surface area contributed by atoms with Crippen LogP contribution in [-0.4, -0.2) is 34.5 Å². The molecule has 0 atom stereocenters. The lowest BCUT2D eigenvalue weighted by Crippen LogP contribution is -2.26. The van der Waals surface area contributed by atoms with Gasteiger partial charge in [0.1, 0.15) is 4.90 Å². The van der Waals surface area contributed by atoms with Gasteiger partial charge in [-0.15, -0.1) is 0 Å². The molecule has 0 radical (unpaired) electrons. The smallest absolute Gasteiger partial charge is 0.244 e. The highest BCUT2D eigenvalue weighted by Gasteiger charge is 2.23. The third kappa shape index (κ3) is 3.50. The van der Waals surface area contributed by atoms with E-state index in [0.29, 0.717) is 35.9 Å². The number of aromatic nitrogens is 4. The monoisotopic (exact) mass is 345 g/mol. The van der Waals surface area contributed by atoms with Gasteiger partial charge in [-0.3, -0.25) is 9.36 Å². The van der Waals surface area contributed by atoms with Gasteiger partial charge in [0, 0.05) is 26.3 Å². The SMILES string of the molecule is Cc1nn(CCCNS(=O)(=O)c2c(C)nn(C)c2C)cc1Cl. The minimum atomic E-state index is -3.55. The number of hydrogen-bond acceptors (Lipinski definition) is 4. The quantitative estimate of drug-likeness (QED) is 0.805. The summed E-state index contributed by atoms with van der Waals surface area (Å²) >= 11 is 5.93. The van der Waals surface area contributed by atoms with E-state index in [1.54, 1.807) is 36.5 Å². The molecule has 9 heteroatoms. The molecule has 2 aromatic heterocycles. The molecule has 1 N–H and O–H groups in total. The minimum absolute atomic E-state index is 0.257. The second kappa shape index (κ2) is 6.39. The lowest BCUT2D eigenvalue weighted by Gasteiger charge is -2.07. The summed E-state index contributed by atoms with van der Waals surface area (Å²) in [7, 11) is -1.82. The minimum Gasteiger partial charge on any atom is -0.271 e. The van der Waals surface area contributed by atoms with Crippen molar-refractivity contribution in [1.82, 2.24) is 24.3 Å². The molecule has 0 aliphatic heterocycles. The second-order valence-electron chi connectivity index (χ2n) is 5.20. The second-order valence-corrected chi connectivity index (χ2v) is 7.31. The molecule has 0 bridgehead atoms. The van der Waals surface area contributed by atoms with Crippen LogP contribution in [0.4, 0.5) is 0 Å². The number of nitrogens with one attached hydrogen (secondary N) is 1. The first kappa shape index (κ1) is 17.0. The zero-order chi connectivity index (χ0) is 16.5. The zero-order valence-corrected chi connectivity index (χ0v) is 14.7. The van der Waals surface area contributed by atoms with Gasteiger partial charge in [0.05, 0.1) is 22.1 Å². The maximum atomic E-state index is 12.3. The molecule has 22 heavy (non-hydrogen) atoms. The fourth-order valence-electron chi connectivity index (χ4n) is 2.27. The molecule has 122 valence electrons. The Morgan fingerprint density at radius 2 is 1.91 bits per heavy atom. The van der Waals surface area contributed by atoms with E-state index in [9.17, 15) is 8.42 Å². The Balaban J connectivity index is 1.96. The summed E-state index contributed by atoms with van der Waals surface area (Å²) in [4.78, 5) is 0.257. The maximum Gasteiger partial charge on any atom is 0.244 e. The van der Waals surface area contributed by atoms with Crippen LogP contribution in [0.1, 0.15) is 23.5 Å². The van der Waals surface area contributed by atoms with Crippen LogP contribution in [0.3, 0.4) is 0 Å². The first-order valence-corrected chi connectivity index (χ1v) is 8.78. The standard InChI is InChI=1S/C13H20ClN5O2S/c1-9-12(14)8-19(17-9)7-5-6-15-22(20,21)13-10(2)16-18(4)11(13)3/h8,15H,5-7H2,1-4H3. The Hall–Kier alpha value is -1.38. The maximum absolute atomic E-state index is 12.3. The predicted molar refractivity (Wildman–Crippen MR) is 84.5 cm³/mol. The lowest BCUT2D eigenvalue weighted by atomic mass is 10.4. The van der Waals surface area contributed by atoms with Gasteiger partial charge in [0.25, 0.3) is 0 Å². The van der Waals surface area contributed by atoms with Crippen LogP contribution in [0.2, 0.25) is 5.02 Å². The number of halogens is 1. The first-order valence-electron chi connectivity index (χ1n) is 6.92. The van der Waals surface area contributed by atoms with Gasteiger partial charge >= 0.3 is 0 Å². The Bertz CT molecular complexity index is 759. The first-order chi connectivity index (χ1) is 10.2. The molecule has 0 fully saturated rings. The number of nitrogens with zero attached hydrogens (tertiary/aromatic N) is 4. The van der Waals surface area contributed by atoms with Gasteiger partial charge in [-0.2, -0.15) is 10.2 Å². The summed E-state index contributed by atoms with van der Waals surface area (Å²) in [5, 5.41) is 8.98. The van der Waals surface area contributed by atoms with Crippen LogP contribution in [0.25, 0.3) is 0 Å². The molecule has 0 amide bonds. The van der Waals surface area contributed by atoms with Crippen molar-refractivity contribution in [3.05, 3.63) is 28.3 Å². The predicted octanol–water partition coefficient (Wildman–Crippen LogP) is 1.56. The Morgan fingerprint density at radius 1 is 1.23 bits per heavy atom. The van der Waals surface area contributed by atoms with Crippen molar-refractivity contribution in [3.8, 4) is 0 Å². The van der Waals surface area contributed by atoms with Crippen molar-refractivity contribution < 1.29 is 8.42 Å². The van der Waals surface area contributed by atoms with Gasteiger partial charge in [0.2, 0.25) is 10.0 Å². The fourth-order valence-corrected chi connectivity index (χ4v) is 3.93. The van der Waals surface area contributed by atoms with Crippen LogP contribution in [0.5, 0.6) is 0 Å². The van der Waals surface area contributed by atoms with Crippen molar-refractivity contribution in [3.63, 3.8) is 0 Å². The van der Waals surface area contributed by atoms with E-state index in [1.165, 1.54) is 0 Å². The summed E-state index contributed by atoms with van der Waals surface area (Å²) in [6.45, 7) is 6.18. The van der Waals surface area contributed by atoms with Gasteiger partial charge < -0.3 is 0 Å². The van der Waals surface area contributed by atoms with Crippen molar-refractivity contribution in [1.29, 1.82) is 0 Å². The molecule has 0 aliphatic rings. The summed E-state index contributed by atoms with van der Waals surface area (Å²) < 4.78 is 30.6. The summed E-state index contributed by atoms with van der Waals surface area (Å²) in [5.74, 6) is 0. The van der Waals surface area contributed by atoms with Crippen molar-refractivity contribution in [2.75, 3.05) is 6.54 Å². The average Bonchev–Trinajstić information content (AvgIpc) is 2.86. The zero-order valence-electron chi connectivity index (χ0n) is 13.1. The van der Waals surface area contributed by atoms with Crippen LogP contribution in [-0.2, 0) is 23.6 Å². The van der Waals surface area contributed by atoms with E-state index in [4.69, 9.17) is 11.6 Å². The molecular formula is C13H20ClN5O2S. The van der Waals surface area contributed by atoms with Crippen LogP contribution >= 0.6 is 11.6 Å². The summed E-state index contributed by atoms with van der Waals surface area (Å²) in [6, 6.07) is 0. The highest BCUT2D eigenvalue weighted by Crippen LogP contribution is 2.18. The van der Waals surface area contributed by atoms with Crippen molar-refractivity contribution >= 4 is 21.6 Å². The highest BCUT2D eigenvalue weighted by molar-refractivity contribution is 7.89. The van der Waals surface area contributed by atoms with Crippen LogP contribution in [0.15, 0.2) is 11.1 Å². The van der Waals surface area contributed by atoms with E-state index >= 15 is 0 Å². The topological polar surface area (TPSA) is 81.8 Å². The van der Waals surface area contributed by atoms with Crippen LogP contribution < -0.4 is 4.72 Å². The van der Waals surface area contributed by atoms with Gasteiger partial charge in [-0.05, 0) is 27.2 Å². The van der Waals surface area contributed by atoms with Crippen LogP contribution in [0, 0.1) is 20.8 Å². The van der Waals surface area contributed by atoms with Crippen molar-refractivity contribution in [2.45, 2.75) is 38.6 Å². The molecule has 7 nitrogen and oxygen atoms in total. The van der Waals surface area contributed by atoms with Gasteiger partial charge in [-0.25, -0.2) is 13.1 Å². The molecule has 2 heterocycles. The molecular weight excluding hydrogens is 326 g/mol. The molecule has 0 aliphatic carbocycles. The third-order valence-corrected chi connectivity index (χ3v) is 5.54. The molecule has 0 spiro atoms. The van der Waals surface area contributed by atoms with Gasteiger partial charge in [0.15, 0.2) is 0 Å². The third-order valence-electron chi connectivity index (χ3n) is 3.45. The van der Waals surface area contributed by atoms with E-state index in [1.807, 2.05) is 6.92 Å². The summed E-state index contributed by atoms with van der Waals surface area (Å²) in [5.41, 5.74) is 1.89. The molecule has 2 aromatic rings.